The Kier molecular flexibility index (Phi) is 2.97. The van der Waals surface area contributed by atoms with Gasteiger partial charge in [-0.25, -0.2) is 0 Å². The molecule has 0 aliphatic rings. The highest BCUT2D eigenvalue weighted by Crippen LogP contribution is 2.30. The van der Waals surface area contributed by atoms with Crippen molar-refractivity contribution in [1.82, 2.24) is 4.98 Å². The Balaban J connectivity index is 2.17. The highest BCUT2D eigenvalue weighted by atomic mass is 16.3. The maximum absolute atomic E-state index is 11.8. The summed E-state index contributed by atoms with van der Waals surface area (Å²) in [6, 6.07) is 11.3. The molecule has 3 rings (SSSR count). The third-order valence-electron chi connectivity index (χ3n) is 3.94. The molecule has 1 unspecified atom stereocenters. The summed E-state index contributed by atoms with van der Waals surface area (Å²) >= 11 is 0. The number of Topliss-reactive ketones (excluding diaryl/α,β-unsaturated/α-hetero) is 1. The minimum absolute atomic E-state index is 0.0794. The Morgan fingerprint density at radius 2 is 1.95 bits per heavy atom. The Morgan fingerprint density at radius 1 is 1.15 bits per heavy atom. The molecule has 2 aromatic carbocycles. The highest BCUT2D eigenvalue weighted by Gasteiger charge is 2.14. The van der Waals surface area contributed by atoms with E-state index in [0.717, 1.165) is 27.4 Å². The maximum Gasteiger partial charge on any atom is 0.139 e. The lowest BCUT2D eigenvalue weighted by Crippen LogP contribution is -2.07. The molecule has 3 heteroatoms. The van der Waals surface area contributed by atoms with E-state index in [2.05, 4.69) is 4.98 Å². The second-order valence-electron chi connectivity index (χ2n) is 5.20. The molecule has 1 heterocycles. The Morgan fingerprint density at radius 3 is 2.70 bits per heavy atom. The number of ketones is 1. The molecule has 0 spiro atoms. The number of rotatable bonds is 3. The summed E-state index contributed by atoms with van der Waals surface area (Å²) in [7, 11) is 0. The molecule has 0 radical (unpaired) electrons. The summed E-state index contributed by atoms with van der Waals surface area (Å²) in [6.07, 6.45) is 0.555. The average molecular weight is 267 g/mol. The molecule has 0 fully saturated rings. The van der Waals surface area contributed by atoms with Crippen molar-refractivity contribution in [2.75, 3.05) is 0 Å². The van der Waals surface area contributed by atoms with E-state index in [4.69, 9.17) is 0 Å². The van der Waals surface area contributed by atoms with Crippen LogP contribution in [0.15, 0.2) is 36.4 Å². The maximum atomic E-state index is 11.8. The summed E-state index contributed by atoms with van der Waals surface area (Å²) in [5.74, 6) is 0.430. The summed E-state index contributed by atoms with van der Waals surface area (Å²) < 4.78 is 0. The summed E-state index contributed by atoms with van der Waals surface area (Å²) in [4.78, 5) is 15.2. The number of carbonyl (C=O) groups is 1. The van der Waals surface area contributed by atoms with Gasteiger partial charge in [-0.3, -0.25) is 4.79 Å². The van der Waals surface area contributed by atoms with Gasteiger partial charge in [0.2, 0.25) is 0 Å². The first-order valence-corrected chi connectivity index (χ1v) is 6.87. The number of aromatic amines is 1. The zero-order valence-corrected chi connectivity index (χ0v) is 11.6. The number of aromatic hydroxyl groups is 1. The van der Waals surface area contributed by atoms with Gasteiger partial charge in [-0.1, -0.05) is 26.0 Å². The fourth-order valence-corrected chi connectivity index (χ4v) is 2.67. The minimum atomic E-state index is -0.0794. The van der Waals surface area contributed by atoms with Gasteiger partial charge in [0.1, 0.15) is 11.5 Å². The first-order chi connectivity index (χ1) is 9.60. The standard InChI is InChI=1S/C17H17NO2/c1-3-17(20)10(2)11-4-6-13-14-9-12(19)5-7-15(14)18-16(13)8-11/h4-10,18-19H,3H2,1-2H3. The summed E-state index contributed by atoms with van der Waals surface area (Å²) in [5.41, 5.74) is 3.02. The van der Waals surface area contributed by atoms with E-state index in [-0.39, 0.29) is 17.5 Å². The third-order valence-corrected chi connectivity index (χ3v) is 3.94. The first kappa shape index (κ1) is 12.7. The zero-order chi connectivity index (χ0) is 14.3. The van der Waals surface area contributed by atoms with Crippen molar-refractivity contribution in [1.29, 1.82) is 0 Å². The molecule has 0 aliphatic carbocycles. The van der Waals surface area contributed by atoms with E-state index in [1.807, 2.05) is 38.1 Å². The molecule has 2 N–H and O–H groups in total. The van der Waals surface area contributed by atoms with Crippen molar-refractivity contribution in [3.8, 4) is 5.75 Å². The normalized spacial score (nSPS) is 12.9. The quantitative estimate of drug-likeness (QED) is 0.750. The minimum Gasteiger partial charge on any atom is -0.508 e. The number of benzene rings is 2. The molecule has 1 aromatic heterocycles. The monoisotopic (exact) mass is 267 g/mol. The molecule has 20 heavy (non-hydrogen) atoms. The van der Waals surface area contributed by atoms with Crippen molar-refractivity contribution >= 4 is 27.6 Å². The van der Waals surface area contributed by atoms with E-state index >= 15 is 0 Å². The van der Waals surface area contributed by atoms with E-state index in [1.165, 1.54) is 0 Å². The molecule has 1 atom stereocenters. The number of H-pyrrole nitrogens is 1. The number of fused-ring (bicyclic) bond motifs is 3. The Hall–Kier alpha value is -2.29. The van der Waals surface area contributed by atoms with Crippen LogP contribution in [0.25, 0.3) is 21.8 Å². The largest absolute Gasteiger partial charge is 0.508 e. The van der Waals surface area contributed by atoms with Gasteiger partial charge in [0.15, 0.2) is 0 Å². The van der Waals surface area contributed by atoms with Gasteiger partial charge in [-0.2, -0.15) is 0 Å². The number of phenolic OH excluding ortho intramolecular Hbond substituents is 1. The fraction of sp³-hybridized carbons (Fsp3) is 0.235. The van der Waals surface area contributed by atoms with Crippen molar-refractivity contribution in [2.24, 2.45) is 0 Å². The predicted octanol–water partition coefficient (Wildman–Crippen LogP) is 4.11. The van der Waals surface area contributed by atoms with Crippen molar-refractivity contribution in [3.05, 3.63) is 42.0 Å². The SMILES string of the molecule is CCC(=O)C(C)c1ccc2c(c1)[nH]c1ccc(O)cc12. The van der Waals surface area contributed by atoms with Crippen LogP contribution in [0.5, 0.6) is 5.75 Å². The highest BCUT2D eigenvalue weighted by molar-refractivity contribution is 6.08. The van der Waals surface area contributed by atoms with Crippen LogP contribution in [-0.4, -0.2) is 15.9 Å². The van der Waals surface area contributed by atoms with Crippen molar-refractivity contribution in [3.63, 3.8) is 0 Å². The van der Waals surface area contributed by atoms with Gasteiger partial charge in [0.25, 0.3) is 0 Å². The van der Waals surface area contributed by atoms with Crippen LogP contribution in [0.2, 0.25) is 0 Å². The molecule has 0 amide bonds. The molecule has 0 aliphatic heterocycles. The smallest absolute Gasteiger partial charge is 0.139 e. The molecular formula is C17H17NO2. The molecule has 3 nitrogen and oxygen atoms in total. The van der Waals surface area contributed by atoms with Gasteiger partial charge < -0.3 is 10.1 Å². The van der Waals surface area contributed by atoms with Gasteiger partial charge in [-0.15, -0.1) is 0 Å². The van der Waals surface area contributed by atoms with Gasteiger partial charge in [0, 0.05) is 34.1 Å². The van der Waals surface area contributed by atoms with Crippen LogP contribution in [0.3, 0.4) is 0 Å². The summed E-state index contributed by atoms with van der Waals surface area (Å²) in [5, 5.41) is 11.7. The lowest BCUT2D eigenvalue weighted by Gasteiger charge is -2.09. The van der Waals surface area contributed by atoms with Gasteiger partial charge in [-0.05, 0) is 29.8 Å². The molecular weight excluding hydrogens is 250 g/mol. The van der Waals surface area contributed by atoms with Crippen LogP contribution in [-0.2, 0) is 4.79 Å². The number of hydrogen-bond acceptors (Lipinski definition) is 2. The first-order valence-electron chi connectivity index (χ1n) is 6.87. The zero-order valence-electron chi connectivity index (χ0n) is 11.6. The lowest BCUT2D eigenvalue weighted by molar-refractivity contribution is -0.119. The summed E-state index contributed by atoms with van der Waals surface area (Å²) in [6.45, 7) is 3.84. The second kappa shape index (κ2) is 4.67. The van der Waals surface area contributed by atoms with Crippen LogP contribution in [0.4, 0.5) is 0 Å². The molecule has 102 valence electrons. The fourth-order valence-electron chi connectivity index (χ4n) is 2.67. The number of hydrogen-bond donors (Lipinski definition) is 2. The van der Waals surface area contributed by atoms with Crippen LogP contribution >= 0.6 is 0 Å². The molecule has 3 aromatic rings. The predicted molar refractivity (Wildman–Crippen MR) is 81.2 cm³/mol. The molecule has 0 bridgehead atoms. The number of aromatic nitrogens is 1. The Bertz CT molecular complexity index is 801. The van der Waals surface area contributed by atoms with Crippen molar-refractivity contribution < 1.29 is 9.90 Å². The molecule has 0 saturated carbocycles. The number of carbonyl (C=O) groups excluding carboxylic acids is 1. The van der Waals surface area contributed by atoms with E-state index in [1.54, 1.807) is 12.1 Å². The average Bonchev–Trinajstić information content (AvgIpc) is 2.82. The second-order valence-corrected chi connectivity index (χ2v) is 5.20. The number of nitrogens with one attached hydrogen (secondary N) is 1. The third kappa shape index (κ3) is 1.95. The molecule has 0 saturated heterocycles. The lowest BCUT2D eigenvalue weighted by atomic mass is 9.94. The van der Waals surface area contributed by atoms with Crippen LogP contribution < -0.4 is 0 Å². The van der Waals surface area contributed by atoms with Gasteiger partial charge >= 0.3 is 0 Å². The van der Waals surface area contributed by atoms with E-state index < -0.39 is 0 Å². The van der Waals surface area contributed by atoms with Crippen molar-refractivity contribution in [2.45, 2.75) is 26.2 Å². The van der Waals surface area contributed by atoms with Crippen LogP contribution in [0, 0.1) is 0 Å². The van der Waals surface area contributed by atoms with Gasteiger partial charge in [0.05, 0.1) is 0 Å². The van der Waals surface area contributed by atoms with E-state index in [0.29, 0.717) is 6.42 Å². The number of phenols is 1. The van der Waals surface area contributed by atoms with Crippen LogP contribution in [0.1, 0.15) is 31.7 Å². The van der Waals surface area contributed by atoms with E-state index in [9.17, 15) is 9.90 Å². The topological polar surface area (TPSA) is 53.1 Å². The Labute approximate surface area is 117 Å².